The number of ether oxygens (including phenoxy) is 2. The number of carbonyl (C=O) groups excluding carboxylic acids is 1. The van der Waals surface area contributed by atoms with E-state index in [4.69, 9.17) is 14.5 Å². The number of aliphatic imine (C=N–C) groups is 1. The quantitative estimate of drug-likeness (QED) is 0.780. The van der Waals surface area contributed by atoms with Crippen molar-refractivity contribution < 1.29 is 14.3 Å². The predicted octanol–water partition coefficient (Wildman–Crippen LogP) is 2.56. The molecule has 0 radical (unpaired) electrons. The third kappa shape index (κ3) is 2.10. The Balaban J connectivity index is 2.61. The van der Waals surface area contributed by atoms with Crippen molar-refractivity contribution in [3.63, 3.8) is 0 Å². The van der Waals surface area contributed by atoms with E-state index < -0.39 is 5.41 Å². The van der Waals surface area contributed by atoms with Crippen LogP contribution in [0.3, 0.4) is 0 Å². The number of rotatable bonds is 2. The van der Waals surface area contributed by atoms with Crippen LogP contribution in [-0.2, 0) is 14.3 Å². The lowest BCUT2D eigenvalue weighted by Gasteiger charge is -2.33. The third-order valence-electron chi connectivity index (χ3n) is 3.45. The molecule has 104 valence electrons. The Kier molecular flexibility index (Phi) is 3.51. The molecule has 0 N–H and O–H groups in total. The first kappa shape index (κ1) is 14.2. The van der Waals surface area contributed by atoms with Crippen LogP contribution in [-0.4, -0.2) is 36.8 Å². The maximum atomic E-state index is 11.9. The lowest BCUT2D eigenvalue weighted by molar-refractivity contribution is -0.115. The number of hydrogen-bond donors (Lipinski definition) is 0. The summed E-state index contributed by atoms with van der Waals surface area (Å²) in [6.07, 6.45) is 6.23. The summed E-state index contributed by atoms with van der Waals surface area (Å²) in [6.45, 7) is 4.17. The van der Waals surface area contributed by atoms with Crippen LogP contribution in [0.15, 0.2) is 28.7 Å². The highest BCUT2D eigenvalue weighted by atomic mass is 32.2. The number of carbonyl (C=O) groups is 1. The van der Waals surface area contributed by atoms with E-state index in [0.717, 1.165) is 11.5 Å². The molecular weight excluding hydrogens is 262 g/mol. The number of nitrogens with zero attached hydrogens (tertiary/aromatic N) is 1. The summed E-state index contributed by atoms with van der Waals surface area (Å²) in [4.78, 5) is 16.6. The molecule has 19 heavy (non-hydrogen) atoms. The van der Waals surface area contributed by atoms with Gasteiger partial charge in [0.2, 0.25) is 11.5 Å². The second kappa shape index (κ2) is 4.71. The van der Waals surface area contributed by atoms with Crippen molar-refractivity contribution in [3.8, 4) is 0 Å². The molecule has 0 aromatic carbocycles. The van der Waals surface area contributed by atoms with Crippen molar-refractivity contribution in [2.75, 3.05) is 20.5 Å². The molecule has 0 aromatic rings. The van der Waals surface area contributed by atoms with Crippen molar-refractivity contribution in [3.05, 3.63) is 23.7 Å². The Hall–Kier alpha value is -1.23. The summed E-state index contributed by atoms with van der Waals surface area (Å²) in [5.41, 5.74) is -0.636. The van der Waals surface area contributed by atoms with Crippen molar-refractivity contribution in [1.82, 2.24) is 0 Å². The fourth-order valence-electron chi connectivity index (χ4n) is 2.86. The van der Waals surface area contributed by atoms with Crippen LogP contribution in [0.2, 0.25) is 0 Å². The highest BCUT2D eigenvalue weighted by molar-refractivity contribution is 8.13. The Morgan fingerprint density at radius 2 is 2.00 bits per heavy atom. The molecule has 1 aliphatic carbocycles. The van der Waals surface area contributed by atoms with Crippen LogP contribution in [0.5, 0.6) is 0 Å². The highest BCUT2D eigenvalue weighted by Crippen LogP contribution is 2.51. The topological polar surface area (TPSA) is 47.9 Å². The van der Waals surface area contributed by atoms with E-state index in [1.807, 2.05) is 12.3 Å². The summed E-state index contributed by atoms with van der Waals surface area (Å²) >= 11 is 1.59. The summed E-state index contributed by atoms with van der Waals surface area (Å²) in [5, 5.41) is 0.965. The molecule has 0 unspecified atom stereocenters. The van der Waals surface area contributed by atoms with Crippen molar-refractivity contribution in [1.29, 1.82) is 0 Å². The molecule has 1 atom stereocenters. The molecule has 4 nitrogen and oxygen atoms in total. The van der Waals surface area contributed by atoms with E-state index in [2.05, 4.69) is 13.8 Å². The Morgan fingerprint density at radius 1 is 1.32 bits per heavy atom. The summed E-state index contributed by atoms with van der Waals surface area (Å²) in [5.74, 6) is 0.695. The molecule has 0 amide bonds. The minimum absolute atomic E-state index is 0.157. The van der Waals surface area contributed by atoms with E-state index in [-0.39, 0.29) is 17.1 Å². The average Bonchev–Trinajstić information content (AvgIpc) is 2.63. The Bertz CT molecular complexity index is 505. The van der Waals surface area contributed by atoms with Gasteiger partial charge in [-0.25, -0.2) is 0 Å². The van der Waals surface area contributed by atoms with Crippen molar-refractivity contribution in [2.24, 2.45) is 10.4 Å². The fraction of sp³-hybridized carbons (Fsp3) is 0.571. The van der Waals surface area contributed by atoms with E-state index in [9.17, 15) is 4.79 Å². The molecule has 1 aliphatic heterocycles. The molecule has 1 heterocycles. The molecule has 0 saturated heterocycles. The molecule has 2 rings (SSSR count). The van der Waals surface area contributed by atoms with Gasteiger partial charge < -0.3 is 9.47 Å². The summed E-state index contributed by atoms with van der Waals surface area (Å²) in [7, 11) is 3.07. The zero-order valence-electron chi connectivity index (χ0n) is 11.9. The fourth-order valence-corrected chi connectivity index (χ4v) is 3.80. The van der Waals surface area contributed by atoms with E-state index in [1.165, 1.54) is 7.11 Å². The first-order chi connectivity index (χ1) is 8.90. The van der Waals surface area contributed by atoms with Crippen LogP contribution in [0.1, 0.15) is 20.3 Å². The molecule has 0 bridgehead atoms. The monoisotopic (exact) mass is 281 g/mol. The minimum atomic E-state index is -0.461. The van der Waals surface area contributed by atoms with Crippen LogP contribution in [0.4, 0.5) is 0 Å². The average molecular weight is 281 g/mol. The van der Waals surface area contributed by atoms with E-state index in [1.54, 1.807) is 24.9 Å². The van der Waals surface area contributed by atoms with Crippen molar-refractivity contribution >= 4 is 22.6 Å². The lowest BCUT2D eigenvalue weighted by Crippen LogP contribution is -2.34. The Morgan fingerprint density at radius 3 is 2.53 bits per heavy atom. The van der Waals surface area contributed by atoms with Gasteiger partial charge in [-0.3, -0.25) is 9.79 Å². The lowest BCUT2D eigenvalue weighted by atomic mass is 9.76. The summed E-state index contributed by atoms with van der Waals surface area (Å²) < 4.78 is 10.8. The predicted molar refractivity (Wildman–Crippen MR) is 77.3 cm³/mol. The largest absolute Gasteiger partial charge is 0.496 e. The third-order valence-corrected chi connectivity index (χ3v) is 4.30. The number of ketones is 1. The zero-order valence-corrected chi connectivity index (χ0v) is 12.8. The second-order valence-corrected chi connectivity index (χ2v) is 6.14. The normalized spacial score (nSPS) is 28.9. The number of hydrogen-bond acceptors (Lipinski definition) is 5. The van der Waals surface area contributed by atoms with Gasteiger partial charge in [-0.1, -0.05) is 6.08 Å². The van der Waals surface area contributed by atoms with Gasteiger partial charge in [0.05, 0.1) is 24.8 Å². The molecule has 0 saturated carbocycles. The number of methoxy groups -OCH3 is 2. The molecule has 5 heteroatoms. The standard InChI is InChI=1S/C14H19NO3S/c1-13(2)8-14(12(15-13)19-5)7-6-9(16)10(17-3)11(14)18-4/h6-7H,8H2,1-5H3/t14-/m1/s1. The van der Waals surface area contributed by atoms with Gasteiger partial charge in [0.1, 0.15) is 5.41 Å². The molecule has 0 aromatic heterocycles. The van der Waals surface area contributed by atoms with Crippen molar-refractivity contribution in [2.45, 2.75) is 25.8 Å². The molecule has 2 aliphatic rings. The van der Waals surface area contributed by atoms with Crippen LogP contribution in [0, 0.1) is 5.41 Å². The van der Waals surface area contributed by atoms with E-state index >= 15 is 0 Å². The van der Waals surface area contributed by atoms with Gasteiger partial charge in [-0.15, -0.1) is 11.8 Å². The first-order valence-corrected chi connectivity index (χ1v) is 7.33. The Labute approximate surface area is 117 Å². The smallest absolute Gasteiger partial charge is 0.223 e. The van der Waals surface area contributed by atoms with Gasteiger partial charge in [-0.05, 0) is 32.6 Å². The second-order valence-electron chi connectivity index (χ2n) is 5.35. The van der Waals surface area contributed by atoms with Gasteiger partial charge in [0.25, 0.3) is 0 Å². The van der Waals surface area contributed by atoms with Crippen LogP contribution >= 0.6 is 11.8 Å². The SMILES string of the molecule is COC1=C(OC)[C@@]2(C=CC1=O)CC(C)(C)N=C2SC. The van der Waals surface area contributed by atoms with Gasteiger partial charge in [0, 0.05) is 0 Å². The maximum absolute atomic E-state index is 11.9. The molecule has 1 spiro atoms. The molecular formula is C14H19NO3S. The zero-order chi connectivity index (χ0) is 14.3. The van der Waals surface area contributed by atoms with E-state index in [0.29, 0.717) is 5.76 Å². The summed E-state index contributed by atoms with van der Waals surface area (Å²) in [6, 6.07) is 0. The minimum Gasteiger partial charge on any atom is -0.496 e. The first-order valence-electron chi connectivity index (χ1n) is 6.11. The van der Waals surface area contributed by atoms with Crippen LogP contribution in [0.25, 0.3) is 0 Å². The van der Waals surface area contributed by atoms with Crippen LogP contribution < -0.4 is 0 Å². The van der Waals surface area contributed by atoms with Gasteiger partial charge in [-0.2, -0.15) is 0 Å². The maximum Gasteiger partial charge on any atom is 0.223 e. The number of thioether (sulfide) groups is 1. The highest BCUT2D eigenvalue weighted by Gasteiger charge is 2.52. The molecule has 0 fully saturated rings. The van der Waals surface area contributed by atoms with Gasteiger partial charge in [0.15, 0.2) is 5.76 Å². The number of allylic oxidation sites excluding steroid dienone is 2. The van der Waals surface area contributed by atoms with Gasteiger partial charge >= 0.3 is 0 Å².